The van der Waals surface area contributed by atoms with Crippen molar-refractivity contribution >= 4 is 23.6 Å². The summed E-state index contributed by atoms with van der Waals surface area (Å²) in [6.45, 7) is 6.92. The largest absolute Gasteiger partial charge is 0.446 e. The van der Waals surface area contributed by atoms with E-state index in [9.17, 15) is 24.3 Å². The smallest absolute Gasteiger partial charge is 0.273 e. The predicted molar refractivity (Wildman–Crippen MR) is 137 cm³/mol. The SMILES string of the molecule is CC(C)C[C@@H]1NC(=O)[C@H]([C@@H](C)O)NC(=O)[C@@H](NC(=O)CC2CCOCC2)CCCCNC(=O)c2coc1n2. The van der Waals surface area contributed by atoms with Gasteiger partial charge in [-0.15, -0.1) is 0 Å². The molecule has 3 heterocycles. The van der Waals surface area contributed by atoms with Gasteiger partial charge in [-0.05, 0) is 57.3 Å². The third-order valence-electron chi connectivity index (χ3n) is 6.81. The number of hydrogen-bond acceptors (Lipinski definition) is 8. The number of aliphatic hydroxyl groups is 1. The number of nitrogens with zero attached hydrogens (tertiary/aromatic N) is 1. The van der Waals surface area contributed by atoms with Gasteiger partial charge in [0.25, 0.3) is 5.91 Å². The molecule has 0 saturated carbocycles. The molecule has 2 aliphatic rings. The Morgan fingerprint density at radius 1 is 1.11 bits per heavy atom. The second-order valence-electron chi connectivity index (χ2n) is 10.6. The molecule has 5 N–H and O–H groups in total. The Morgan fingerprint density at radius 3 is 2.53 bits per heavy atom. The van der Waals surface area contributed by atoms with Gasteiger partial charge in [0.15, 0.2) is 5.69 Å². The Hall–Kier alpha value is -2.99. The quantitative estimate of drug-likeness (QED) is 0.358. The van der Waals surface area contributed by atoms with E-state index in [1.807, 2.05) is 13.8 Å². The Kier molecular flexibility index (Phi) is 11.1. The summed E-state index contributed by atoms with van der Waals surface area (Å²) >= 11 is 0. The van der Waals surface area contributed by atoms with Crippen molar-refractivity contribution in [1.29, 1.82) is 0 Å². The number of carbonyl (C=O) groups excluding carboxylic acids is 4. The van der Waals surface area contributed by atoms with Crippen LogP contribution in [0.3, 0.4) is 0 Å². The maximum atomic E-state index is 13.3. The van der Waals surface area contributed by atoms with Crippen LogP contribution in [0.15, 0.2) is 10.7 Å². The predicted octanol–water partition coefficient (Wildman–Crippen LogP) is 0.959. The molecule has 2 aliphatic heterocycles. The van der Waals surface area contributed by atoms with E-state index in [0.29, 0.717) is 45.4 Å². The van der Waals surface area contributed by atoms with E-state index < -0.39 is 42.0 Å². The Bertz CT molecular complexity index is 958. The summed E-state index contributed by atoms with van der Waals surface area (Å²) < 4.78 is 10.9. The topological polar surface area (TPSA) is 172 Å². The molecule has 212 valence electrons. The van der Waals surface area contributed by atoms with Crippen LogP contribution < -0.4 is 21.3 Å². The first-order valence-corrected chi connectivity index (χ1v) is 13.5. The molecule has 1 aromatic heterocycles. The first-order valence-electron chi connectivity index (χ1n) is 13.5. The minimum atomic E-state index is -1.27. The fourth-order valence-electron chi connectivity index (χ4n) is 4.67. The normalized spacial score (nSPS) is 25.3. The van der Waals surface area contributed by atoms with Crippen LogP contribution in [-0.2, 0) is 19.1 Å². The number of carbonyl (C=O) groups is 4. The van der Waals surface area contributed by atoms with Crippen molar-refractivity contribution in [2.45, 2.75) is 89.9 Å². The number of oxazole rings is 1. The first-order chi connectivity index (χ1) is 18.1. The number of aromatic nitrogens is 1. The van der Waals surface area contributed by atoms with Crippen LogP contribution in [0.4, 0.5) is 0 Å². The summed E-state index contributed by atoms with van der Waals surface area (Å²) in [4.78, 5) is 56.1. The van der Waals surface area contributed by atoms with Crippen molar-refractivity contribution in [3.8, 4) is 0 Å². The zero-order valence-electron chi connectivity index (χ0n) is 22.5. The highest BCUT2D eigenvalue weighted by atomic mass is 16.5. The maximum absolute atomic E-state index is 13.3. The van der Waals surface area contributed by atoms with E-state index in [2.05, 4.69) is 26.3 Å². The van der Waals surface area contributed by atoms with Crippen molar-refractivity contribution in [2.24, 2.45) is 11.8 Å². The Labute approximate surface area is 223 Å². The minimum absolute atomic E-state index is 0.105. The van der Waals surface area contributed by atoms with E-state index in [-0.39, 0.29) is 35.7 Å². The fourth-order valence-corrected chi connectivity index (χ4v) is 4.67. The van der Waals surface area contributed by atoms with Gasteiger partial charge < -0.3 is 35.5 Å². The van der Waals surface area contributed by atoms with Crippen LogP contribution in [0, 0.1) is 11.8 Å². The van der Waals surface area contributed by atoms with Crippen molar-refractivity contribution in [3.63, 3.8) is 0 Å². The third-order valence-corrected chi connectivity index (χ3v) is 6.81. The summed E-state index contributed by atoms with van der Waals surface area (Å²) in [7, 11) is 0. The lowest BCUT2D eigenvalue weighted by atomic mass is 9.96. The molecule has 4 amide bonds. The zero-order valence-corrected chi connectivity index (χ0v) is 22.5. The van der Waals surface area contributed by atoms with Crippen LogP contribution in [-0.4, -0.2) is 71.7 Å². The average Bonchev–Trinajstić information content (AvgIpc) is 3.36. The second kappa shape index (κ2) is 14.2. The molecule has 1 fully saturated rings. The number of amides is 4. The van der Waals surface area contributed by atoms with Gasteiger partial charge in [0.05, 0.1) is 6.10 Å². The molecule has 12 heteroatoms. The highest BCUT2D eigenvalue weighted by molar-refractivity contribution is 5.93. The number of hydrogen-bond donors (Lipinski definition) is 5. The summed E-state index contributed by atoms with van der Waals surface area (Å²) in [6, 6.07) is -2.83. The number of fused-ring (bicyclic) bond motifs is 2. The van der Waals surface area contributed by atoms with Crippen molar-refractivity contribution in [3.05, 3.63) is 17.8 Å². The molecule has 1 saturated heterocycles. The Balaban J connectivity index is 1.79. The summed E-state index contributed by atoms with van der Waals surface area (Å²) in [5.41, 5.74) is 0.105. The molecule has 3 rings (SSSR count). The number of aliphatic hydroxyl groups excluding tert-OH is 1. The fraction of sp³-hybridized carbons (Fsp3) is 0.731. The third kappa shape index (κ3) is 8.80. The first kappa shape index (κ1) is 29.6. The Morgan fingerprint density at radius 2 is 1.84 bits per heavy atom. The highest BCUT2D eigenvalue weighted by Gasteiger charge is 2.33. The maximum Gasteiger partial charge on any atom is 0.273 e. The molecular formula is C26H41N5O7. The molecule has 12 nitrogen and oxygen atoms in total. The van der Waals surface area contributed by atoms with Gasteiger partial charge in [-0.2, -0.15) is 0 Å². The van der Waals surface area contributed by atoms with Crippen molar-refractivity contribution in [1.82, 2.24) is 26.3 Å². The van der Waals surface area contributed by atoms with Crippen LogP contribution in [0.5, 0.6) is 0 Å². The molecule has 4 atom stereocenters. The number of ether oxygens (including phenoxy) is 1. The molecule has 0 spiro atoms. The minimum Gasteiger partial charge on any atom is -0.446 e. The monoisotopic (exact) mass is 535 g/mol. The molecule has 1 aromatic rings. The van der Waals surface area contributed by atoms with E-state index in [0.717, 1.165) is 12.8 Å². The summed E-state index contributed by atoms with van der Waals surface area (Å²) in [5, 5.41) is 21.4. The lowest BCUT2D eigenvalue weighted by molar-refractivity contribution is -0.134. The molecule has 2 bridgehead atoms. The van der Waals surface area contributed by atoms with Crippen LogP contribution >= 0.6 is 0 Å². The van der Waals surface area contributed by atoms with Gasteiger partial charge in [0.2, 0.25) is 23.6 Å². The molecule has 0 aliphatic carbocycles. The second-order valence-corrected chi connectivity index (χ2v) is 10.6. The number of rotatable bonds is 6. The molecule has 0 aromatic carbocycles. The highest BCUT2D eigenvalue weighted by Crippen LogP contribution is 2.22. The molecule has 0 radical (unpaired) electrons. The zero-order chi connectivity index (χ0) is 27.7. The van der Waals surface area contributed by atoms with Crippen LogP contribution in [0.2, 0.25) is 0 Å². The van der Waals surface area contributed by atoms with Gasteiger partial charge >= 0.3 is 0 Å². The van der Waals surface area contributed by atoms with Crippen LogP contribution in [0.25, 0.3) is 0 Å². The van der Waals surface area contributed by atoms with Gasteiger partial charge in [0, 0.05) is 26.2 Å². The lowest BCUT2D eigenvalue weighted by Crippen LogP contribution is -2.57. The van der Waals surface area contributed by atoms with Crippen molar-refractivity contribution in [2.75, 3.05) is 19.8 Å². The van der Waals surface area contributed by atoms with E-state index in [1.54, 1.807) is 0 Å². The standard InChI is InChI=1S/C26H41N5O7/c1-15(2)12-19-26-30-20(14-38-26)23(34)27-9-5-4-6-18(24(35)31-22(16(3)32)25(36)29-19)28-21(33)13-17-7-10-37-11-8-17/h14-19,22,32H,4-13H2,1-3H3,(H,27,34)(H,28,33)(H,29,36)(H,31,35)/t16-,18+,19+,22+/m1/s1. The average molecular weight is 536 g/mol. The summed E-state index contributed by atoms with van der Waals surface area (Å²) in [6.07, 6.45) is 3.76. The van der Waals surface area contributed by atoms with Crippen molar-refractivity contribution < 1.29 is 33.4 Å². The van der Waals surface area contributed by atoms with E-state index >= 15 is 0 Å². The van der Waals surface area contributed by atoms with E-state index in [1.165, 1.54) is 13.2 Å². The molecule has 38 heavy (non-hydrogen) atoms. The van der Waals surface area contributed by atoms with Gasteiger partial charge in [-0.1, -0.05) is 13.8 Å². The van der Waals surface area contributed by atoms with Gasteiger partial charge in [-0.25, -0.2) is 4.98 Å². The van der Waals surface area contributed by atoms with Crippen LogP contribution in [0.1, 0.15) is 88.1 Å². The summed E-state index contributed by atoms with van der Waals surface area (Å²) in [5.74, 6) is -1.32. The molecule has 0 unspecified atom stereocenters. The lowest BCUT2D eigenvalue weighted by Gasteiger charge is -2.27. The van der Waals surface area contributed by atoms with Gasteiger partial charge in [-0.3, -0.25) is 19.2 Å². The van der Waals surface area contributed by atoms with E-state index in [4.69, 9.17) is 9.15 Å². The number of nitrogens with one attached hydrogen (secondary N) is 4. The van der Waals surface area contributed by atoms with Gasteiger partial charge in [0.1, 0.15) is 24.4 Å². The molecular weight excluding hydrogens is 494 g/mol.